The zero-order valence-corrected chi connectivity index (χ0v) is 16.0. The van der Waals surface area contributed by atoms with Gasteiger partial charge in [0, 0.05) is 19.1 Å². The van der Waals surface area contributed by atoms with Crippen LogP contribution < -0.4 is 0 Å². The summed E-state index contributed by atoms with van der Waals surface area (Å²) in [6.07, 6.45) is -0.0871. The van der Waals surface area contributed by atoms with Crippen molar-refractivity contribution in [2.75, 3.05) is 19.6 Å². The molecule has 1 aliphatic heterocycles. The molecule has 0 radical (unpaired) electrons. The summed E-state index contributed by atoms with van der Waals surface area (Å²) in [5.74, 6) is -1.10. The molecule has 0 aromatic heterocycles. The predicted octanol–water partition coefficient (Wildman–Crippen LogP) is 2.71. The van der Waals surface area contributed by atoms with E-state index in [1.165, 1.54) is 4.90 Å². The molecule has 0 atom stereocenters. The molecule has 1 aliphatic rings. The monoisotopic (exact) mass is 358 g/mol. The number of aliphatic carboxylic acids is 1. The van der Waals surface area contributed by atoms with Crippen molar-refractivity contribution in [1.82, 2.24) is 9.80 Å². The van der Waals surface area contributed by atoms with Crippen LogP contribution in [0.3, 0.4) is 0 Å². The summed E-state index contributed by atoms with van der Waals surface area (Å²) in [4.78, 5) is 38.4. The van der Waals surface area contributed by atoms with Gasteiger partial charge in [-0.15, -0.1) is 0 Å². The highest BCUT2D eigenvalue weighted by Gasteiger charge is 2.34. The lowest BCUT2D eigenvalue weighted by atomic mass is 10.0. The van der Waals surface area contributed by atoms with Crippen LogP contribution in [0.1, 0.15) is 54.4 Å². The topological polar surface area (TPSA) is 96.4 Å². The number of hydrogen-bond donors (Lipinski definition) is 1. The third kappa shape index (κ3) is 7.62. The molecule has 0 aromatic carbocycles. The Labute approximate surface area is 149 Å². The van der Waals surface area contributed by atoms with Crippen molar-refractivity contribution in [1.29, 1.82) is 0 Å². The van der Waals surface area contributed by atoms with Gasteiger partial charge in [-0.25, -0.2) is 9.59 Å². The first-order valence-electron chi connectivity index (χ1n) is 8.48. The van der Waals surface area contributed by atoms with Gasteiger partial charge in [-0.05, 0) is 54.4 Å². The normalized spacial score (nSPS) is 16.3. The van der Waals surface area contributed by atoms with E-state index in [0.29, 0.717) is 25.9 Å². The third-order valence-electron chi connectivity index (χ3n) is 3.49. The van der Waals surface area contributed by atoms with Crippen molar-refractivity contribution in [3.8, 4) is 0 Å². The van der Waals surface area contributed by atoms with Gasteiger partial charge < -0.3 is 19.5 Å². The van der Waals surface area contributed by atoms with Crippen LogP contribution in [0.5, 0.6) is 0 Å². The summed E-state index contributed by atoms with van der Waals surface area (Å²) in [5, 5.41) is 9.10. The zero-order chi connectivity index (χ0) is 19.4. The van der Waals surface area contributed by atoms with Gasteiger partial charge in [0.1, 0.15) is 17.7 Å². The maximum absolute atomic E-state index is 12.3. The molecular formula is C17H30N2O6. The van der Waals surface area contributed by atoms with Crippen molar-refractivity contribution in [2.45, 2.75) is 71.6 Å². The minimum atomic E-state index is -1.10. The number of piperidine rings is 1. The molecule has 0 spiro atoms. The van der Waals surface area contributed by atoms with Crippen molar-refractivity contribution >= 4 is 18.2 Å². The number of ether oxygens (including phenoxy) is 2. The number of nitrogens with zero attached hydrogens (tertiary/aromatic N) is 2. The van der Waals surface area contributed by atoms with Crippen LogP contribution in [0.4, 0.5) is 9.59 Å². The van der Waals surface area contributed by atoms with Gasteiger partial charge in [0.25, 0.3) is 0 Å². The minimum Gasteiger partial charge on any atom is -0.480 e. The summed E-state index contributed by atoms with van der Waals surface area (Å²) in [6.45, 7) is 11.0. The van der Waals surface area contributed by atoms with Gasteiger partial charge in [0.15, 0.2) is 0 Å². The van der Waals surface area contributed by atoms with Crippen LogP contribution in [0.15, 0.2) is 0 Å². The molecule has 0 saturated carbocycles. The molecule has 1 rings (SSSR count). The number of rotatable bonds is 3. The van der Waals surface area contributed by atoms with Crippen LogP contribution in [-0.4, -0.2) is 69.9 Å². The quantitative estimate of drug-likeness (QED) is 0.833. The first-order chi connectivity index (χ1) is 11.3. The largest absolute Gasteiger partial charge is 0.480 e. The number of amides is 2. The van der Waals surface area contributed by atoms with E-state index in [2.05, 4.69) is 0 Å². The molecular weight excluding hydrogens is 328 g/mol. The molecule has 1 fully saturated rings. The standard InChI is InChI=1S/C17H30N2O6/c1-16(2,3)24-14(22)18-9-7-12(8-10-18)19(11-13(20)21)15(23)25-17(4,5)6/h12H,7-11H2,1-6H3,(H,20,21). The second kappa shape index (κ2) is 7.93. The molecule has 1 heterocycles. The lowest BCUT2D eigenvalue weighted by molar-refractivity contribution is -0.139. The van der Waals surface area contributed by atoms with E-state index in [1.807, 2.05) is 0 Å². The van der Waals surface area contributed by atoms with Crippen LogP contribution in [0.25, 0.3) is 0 Å². The highest BCUT2D eigenvalue weighted by molar-refractivity contribution is 5.77. The van der Waals surface area contributed by atoms with Crippen molar-refractivity contribution in [3.63, 3.8) is 0 Å². The van der Waals surface area contributed by atoms with Crippen molar-refractivity contribution in [2.24, 2.45) is 0 Å². The summed E-state index contributed by atoms with van der Waals surface area (Å²) in [5.41, 5.74) is -1.27. The van der Waals surface area contributed by atoms with Crippen LogP contribution in [-0.2, 0) is 14.3 Å². The Morgan fingerprint density at radius 1 is 1.00 bits per heavy atom. The van der Waals surface area contributed by atoms with Crippen LogP contribution >= 0.6 is 0 Å². The van der Waals surface area contributed by atoms with Gasteiger partial charge >= 0.3 is 18.2 Å². The third-order valence-corrected chi connectivity index (χ3v) is 3.49. The molecule has 8 heteroatoms. The Morgan fingerprint density at radius 3 is 1.88 bits per heavy atom. The fourth-order valence-electron chi connectivity index (χ4n) is 2.50. The fourth-order valence-corrected chi connectivity index (χ4v) is 2.50. The van der Waals surface area contributed by atoms with Crippen molar-refractivity contribution in [3.05, 3.63) is 0 Å². The predicted molar refractivity (Wildman–Crippen MR) is 91.4 cm³/mol. The van der Waals surface area contributed by atoms with E-state index in [-0.39, 0.29) is 6.04 Å². The van der Waals surface area contributed by atoms with Crippen LogP contribution in [0.2, 0.25) is 0 Å². The second-order valence-electron chi connectivity index (χ2n) is 8.20. The SMILES string of the molecule is CC(C)(C)OC(=O)N1CCC(N(CC(=O)O)C(=O)OC(C)(C)C)CC1. The van der Waals surface area contributed by atoms with Gasteiger partial charge in [0.2, 0.25) is 0 Å². The minimum absolute atomic E-state index is 0.287. The summed E-state index contributed by atoms with van der Waals surface area (Å²) < 4.78 is 10.7. The number of carboxylic acids is 1. The number of hydrogen-bond acceptors (Lipinski definition) is 5. The van der Waals surface area contributed by atoms with E-state index < -0.39 is 35.9 Å². The Kier molecular flexibility index (Phi) is 6.68. The maximum Gasteiger partial charge on any atom is 0.411 e. The molecule has 2 amide bonds. The van der Waals surface area contributed by atoms with Gasteiger partial charge in [-0.2, -0.15) is 0 Å². The molecule has 0 unspecified atom stereocenters. The molecule has 0 aromatic rings. The Hall–Kier alpha value is -1.99. The maximum atomic E-state index is 12.3. The molecule has 1 N–H and O–H groups in total. The Bertz CT molecular complexity index is 498. The lowest BCUT2D eigenvalue weighted by Crippen LogP contribution is -2.52. The van der Waals surface area contributed by atoms with Crippen molar-refractivity contribution < 1.29 is 29.0 Å². The van der Waals surface area contributed by atoms with Gasteiger partial charge in [-0.1, -0.05) is 0 Å². The number of carbonyl (C=O) groups is 3. The summed E-state index contributed by atoms with van der Waals surface area (Å²) >= 11 is 0. The Morgan fingerprint density at radius 2 is 1.48 bits per heavy atom. The summed E-state index contributed by atoms with van der Waals surface area (Å²) in [6, 6.07) is -0.287. The van der Waals surface area contributed by atoms with E-state index in [9.17, 15) is 14.4 Å². The first-order valence-corrected chi connectivity index (χ1v) is 8.48. The molecule has 0 aliphatic carbocycles. The molecule has 25 heavy (non-hydrogen) atoms. The zero-order valence-electron chi connectivity index (χ0n) is 16.0. The van der Waals surface area contributed by atoms with E-state index in [0.717, 1.165) is 0 Å². The number of carbonyl (C=O) groups excluding carboxylic acids is 2. The highest BCUT2D eigenvalue weighted by atomic mass is 16.6. The fraction of sp³-hybridized carbons (Fsp3) is 0.824. The highest BCUT2D eigenvalue weighted by Crippen LogP contribution is 2.21. The molecule has 144 valence electrons. The van der Waals surface area contributed by atoms with Gasteiger partial charge in [-0.3, -0.25) is 9.69 Å². The smallest absolute Gasteiger partial charge is 0.411 e. The summed E-state index contributed by atoms with van der Waals surface area (Å²) in [7, 11) is 0. The number of carboxylic acid groups (broad SMARTS) is 1. The Balaban J connectivity index is 2.70. The average Bonchev–Trinajstić information content (AvgIpc) is 2.41. The number of likely N-dealkylation sites (tertiary alicyclic amines) is 1. The average molecular weight is 358 g/mol. The van der Waals surface area contributed by atoms with Gasteiger partial charge in [0.05, 0.1) is 0 Å². The van der Waals surface area contributed by atoms with E-state index in [4.69, 9.17) is 14.6 Å². The lowest BCUT2D eigenvalue weighted by Gasteiger charge is -2.38. The van der Waals surface area contributed by atoms with E-state index >= 15 is 0 Å². The molecule has 8 nitrogen and oxygen atoms in total. The van der Waals surface area contributed by atoms with E-state index in [1.54, 1.807) is 46.4 Å². The second-order valence-corrected chi connectivity index (χ2v) is 8.20. The van der Waals surface area contributed by atoms with Crippen LogP contribution in [0, 0.1) is 0 Å². The molecule has 0 bridgehead atoms. The molecule has 1 saturated heterocycles. The first kappa shape index (κ1) is 21.1.